The fourth-order valence-electron chi connectivity index (χ4n) is 1.15. The van der Waals surface area contributed by atoms with Crippen LogP contribution in [0.3, 0.4) is 0 Å². The molecule has 0 aliphatic heterocycles. The minimum absolute atomic E-state index is 0.0952. The molecule has 17 heavy (non-hydrogen) atoms. The summed E-state index contributed by atoms with van der Waals surface area (Å²) in [7, 11) is 0. The molecule has 0 unspecified atom stereocenters. The summed E-state index contributed by atoms with van der Waals surface area (Å²) in [6, 6.07) is 0. The van der Waals surface area contributed by atoms with Gasteiger partial charge >= 0.3 is 5.69 Å². The highest BCUT2D eigenvalue weighted by Gasteiger charge is 2.12. The van der Waals surface area contributed by atoms with Crippen molar-refractivity contribution in [2.24, 2.45) is 0 Å². The van der Waals surface area contributed by atoms with E-state index in [1.165, 1.54) is 10.8 Å². The van der Waals surface area contributed by atoms with E-state index < -0.39 is 0 Å². The van der Waals surface area contributed by atoms with E-state index >= 15 is 0 Å². The first-order valence-corrected chi connectivity index (χ1v) is 6.20. The third kappa shape index (κ3) is 2.62. The van der Waals surface area contributed by atoms with Gasteiger partial charge in [-0.25, -0.2) is 19.9 Å². The number of nitrogens with zero attached hydrogens (tertiary/aromatic N) is 4. The molecule has 1 N–H and O–H groups in total. The molecule has 0 bridgehead atoms. The van der Waals surface area contributed by atoms with Gasteiger partial charge in [-0.05, 0) is 30.3 Å². The number of hydrogen-bond donors (Lipinski definition) is 1. The Bertz CT molecular complexity index is 596. The van der Waals surface area contributed by atoms with E-state index in [-0.39, 0.29) is 11.0 Å². The Balaban J connectivity index is 2.37. The first-order valence-electron chi connectivity index (χ1n) is 4.63. The van der Waals surface area contributed by atoms with Gasteiger partial charge in [0, 0.05) is 6.54 Å². The van der Waals surface area contributed by atoms with Crippen LogP contribution in [0.2, 0.25) is 10.3 Å². The van der Waals surface area contributed by atoms with Crippen molar-refractivity contribution in [2.75, 3.05) is 0 Å². The van der Waals surface area contributed by atoms with Crippen molar-refractivity contribution in [1.29, 1.82) is 0 Å². The molecule has 90 valence electrons. The molecule has 0 aliphatic rings. The van der Waals surface area contributed by atoms with E-state index in [1.54, 1.807) is 0 Å². The lowest BCUT2D eigenvalue weighted by Crippen LogP contribution is -2.16. The van der Waals surface area contributed by atoms with E-state index in [1.807, 2.05) is 6.92 Å². The zero-order valence-electron chi connectivity index (χ0n) is 8.65. The molecular weight excluding hydrogens is 285 g/mol. The Kier molecular flexibility index (Phi) is 3.70. The molecule has 0 atom stereocenters. The molecule has 2 rings (SSSR count). The van der Waals surface area contributed by atoms with Gasteiger partial charge < -0.3 is 0 Å². The molecule has 0 spiro atoms. The summed E-state index contributed by atoms with van der Waals surface area (Å²) < 4.78 is 1.47. The van der Waals surface area contributed by atoms with Crippen molar-refractivity contribution in [3.63, 3.8) is 0 Å². The normalized spacial score (nSPS) is 10.8. The number of rotatable bonds is 3. The lowest BCUT2D eigenvalue weighted by Gasteiger charge is -2.03. The van der Waals surface area contributed by atoms with E-state index in [0.717, 1.165) is 11.8 Å². The largest absolute Gasteiger partial charge is 0.343 e. The highest BCUT2D eigenvalue weighted by atomic mass is 35.5. The summed E-state index contributed by atoms with van der Waals surface area (Å²) in [5.41, 5.74) is -0.272. The Morgan fingerprint density at radius 2 is 2.29 bits per heavy atom. The van der Waals surface area contributed by atoms with Crippen LogP contribution in [-0.2, 0) is 6.54 Å². The highest BCUT2D eigenvalue weighted by molar-refractivity contribution is 7.99. The van der Waals surface area contributed by atoms with Crippen LogP contribution in [0.25, 0.3) is 0 Å². The van der Waals surface area contributed by atoms with Crippen LogP contribution in [0.5, 0.6) is 0 Å². The first-order chi connectivity index (χ1) is 8.11. The molecule has 0 aliphatic carbocycles. The smallest absolute Gasteiger partial charge is 0.270 e. The third-order valence-corrected chi connectivity index (χ3v) is 3.48. The Morgan fingerprint density at radius 1 is 1.53 bits per heavy atom. The van der Waals surface area contributed by atoms with E-state index in [2.05, 4.69) is 20.2 Å². The maximum atomic E-state index is 11.4. The fourth-order valence-corrected chi connectivity index (χ4v) is 2.41. The maximum absolute atomic E-state index is 11.4. The van der Waals surface area contributed by atoms with Crippen LogP contribution >= 0.6 is 35.0 Å². The maximum Gasteiger partial charge on any atom is 0.343 e. The Hall–Kier alpha value is -1.05. The summed E-state index contributed by atoms with van der Waals surface area (Å²) >= 11 is 12.7. The number of halogens is 2. The second kappa shape index (κ2) is 5.07. The van der Waals surface area contributed by atoms with Crippen molar-refractivity contribution < 1.29 is 0 Å². The number of hydrogen-bond acceptors (Lipinski definition) is 5. The van der Waals surface area contributed by atoms with Gasteiger partial charge in [0.15, 0.2) is 5.16 Å². The topological polar surface area (TPSA) is 76.5 Å². The predicted molar refractivity (Wildman–Crippen MR) is 64.7 cm³/mol. The number of aromatic nitrogens is 5. The standard InChI is InChI=1S/C8H7Cl2N5OS/c1-2-15-7(16)13-14-8(15)17-5-4(9)3-11-6(10)12-5/h3H,2H2,1H3,(H,13,16). The molecule has 0 amide bonds. The van der Waals surface area contributed by atoms with Crippen LogP contribution in [0.4, 0.5) is 0 Å². The van der Waals surface area contributed by atoms with Crippen molar-refractivity contribution in [2.45, 2.75) is 23.7 Å². The number of nitrogens with one attached hydrogen (secondary N) is 1. The second-order valence-corrected chi connectivity index (χ2v) is 4.65. The van der Waals surface area contributed by atoms with Crippen molar-refractivity contribution in [1.82, 2.24) is 24.7 Å². The first kappa shape index (κ1) is 12.4. The quantitative estimate of drug-likeness (QED) is 0.690. The van der Waals surface area contributed by atoms with Gasteiger partial charge in [0.25, 0.3) is 0 Å². The average Bonchev–Trinajstić information content (AvgIpc) is 2.64. The number of aromatic amines is 1. The SMILES string of the molecule is CCn1c(Sc2nc(Cl)ncc2Cl)n[nH]c1=O. The van der Waals surface area contributed by atoms with E-state index in [0.29, 0.717) is 21.7 Å². The molecule has 0 radical (unpaired) electrons. The lowest BCUT2D eigenvalue weighted by atomic mass is 10.7. The van der Waals surface area contributed by atoms with E-state index in [9.17, 15) is 4.79 Å². The molecule has 0 aromatic carbocycles. The van der Waals surface area contributed by atoms with E-state index in [4.69, 9.17) is 23.2 Å². The van der Waals surface area contributed by atoms with Gasteiger partial charge in [0.05, 0.1) is 11.2 Å². The van der Waals surface area contributed by atoms with Gasteiger partial charge in [-0.1, -0.05) is 11.6 Å². The average molecular weight is 292 g/mol. The predicted octanol–water partition coefficient (Wildman–Crippen LogP) is 1.84. The molecule has 0 saturated carbocycles. The van der Waals surface area contributed by atoms with Crippen molar-refractivity contribution in [3.8, 4) is 0 Å². The summed E-state index contributed by atoms with van der Waals surface area (Å²) in [5.74, 6) is 0. The van der Waals surface area contributed by atoms with Gasteiger partial charge in [0.1, 0.15) is 5.03 Å². The fraction of sp³-hybridized carbons (Fsp3) is 0.250. The molecule has 2 aromatic rings. The Labute approximate surface area is 110 Å². The van der Waals surface area contributed by atoms with Gasteiger partial charge in [-0.2, -0.15) is 0 Å². The molecular formula is C8H7Cl2N5OS. The van der Waals surface area contributed by atoms with Crippen LogP contribution in [0.1, 0.15) is 6.92 Å². The highest BCUT2D eigenvalue weighted by Crippen LogP contribution is 2.29. The lowest BCUT2D eigenvalue weighted by molar-refractivity contribution is 0.660. The van der Waals surface area contributed by atoms with Gasteiger partial charge in [-0.3, -0.25) is 4.57 Å². The minimum Gasteiger partial charge on any atom is -0.270 e. The summed E-state index contributed by atoms with van der Waals surface area (Å²) in [6.07, 6.45) is 1.40. The Morgan fingerprint density at radius 3 is 3.00 bits per heavy atom. The monoisotopic (exact) mass is 291 g/mol. The van der Waals surface area contributed by atoms with Gasteiger partial charge in [-0.15, -0.1) is 5.10 Å². The molecule has 0 saturated heterocycles. The summed E-state index contributed by atoms with van der Waals surface area (Å²) in [4.78, 5) is 19.1. The molecule has 2 heterocycles. The van der Waals surface area contributed by atoms with Crippen LogP contribution in [-0.4, -0.2) is 24.7 Å². The molecule has 9 heteroatoms. The van der Waals surface area contributed by atoms with Crippen molar-refractivity contribution >= 4 is 35.0 Å². The zero-order chi connectivity index (χ0) is 12.4. The van der Waals surface area contributed by atoms with Crippen LogP contribution in [0, 0.1) is 0 Å². The molecule has 6 nitrogen and oxygen atoms in total. The molecule has 0 fully saturated rings. The minimum atomic E-state index is -0.272. The summed E-state index contributed by atoms with van der Waals surface area (Å²) in [6.45, 7) is 2.35. The number of H-pyrrole nitrogens is 1. The zero-order valence-corrected chi connectivity index (χ0v) is 11.0. The third-order valence-electron chi connectivity index (χ3n) is 1.91. The van der Waals surface area contributed by atoms with Crippen LogP contribution in [0.15, 0.2) is 21.2 Å². The van der Waals surface area contributed by atoms with Crippen molar-refractivity contribution in [3.05, 3.63) is 27.0 Å². The van der Waals surface area contributed by atoms with Crippen LogP contribution < -0.4 is 5.69 Å². The second-order valence-electron chi connectivity index (χ2n) is 2.95. The summed E-state index contributed by atoms with van der Waals surface area (Å²) in [5, 5.41) is 7.63. The molecule has 2 aromatic heterocycles. The van der Waals surface area contributed by atoms with Gasteiger partial charge in [0.2, 0.25) is 5.28 Å².